The number of anilines is 1. The van der Waals surface area contributed by atoms with Crippen molar-refractivity contribution < 1.29 is 19.4 Å². The lowest BCUT2D eigenvalue weighted by Crippen LogP contribution is -2.41. The smallest absolute Gasteiger partial charge is 0.310 e. The lowest BCUT2D eigenvalue weighted by atomic mass is 9.78. The van der Waals surface area contributed by atoms with Crippen LogP contribution in [0.25, 0.3) is 0 Å². The number of amides is 1. The molecule has 2 aliphatic heterocycles. The van der Waals surface area contributed by atoms with Crippen LogP contribution in [0.4, 0.5) is 5.69 Å². The van der Waals surface area contributed by atoms with Crippen molar-refractivity contribution in [2.45, 2.75) is 25.0 Å². The van der Waals surface area contributed by atoms with Crippen LogP contribution < -0.4 is 5.32 Å². The van der Waals surface area contributed by atoms with Gasteiger partial charge in [-0.3, -0.25) is 9.59 Å². The van der Waals surface area contributed by atoms with Gasteiger partial charge in [0.2, 0.25) is 5.91 Å². The molecule has 106 valence electrons. The van der Waals surface area contributed by atoms with E-state index in [2.05, 4.69) is 27.9 Å². The van der Waals surface area contributed by atoms with Crippen molar-refractivity contribution in [2.75, 3.05) is 5.32 Å². The predicted octanol–water partition coefficient (Wildman–Crippen LogP) is 2.11. The highest BCUT2D eigenvalue weighted by molar-refractivity contribution is 14.1. The summed E-state index contributed by atoms with van der Waals surface area (Å²) >= 11 is 2.14. The normalized spacial score (nSPS) is 31.2. The summed E-state index contributed by atoms with van der Waals surface area (Å²) in [6, 6.07) is 7.42. The summed E-state index contributed by atoms with van der Waals surface area (Å²) in [6.07, 6.45) is 0.915. The molecule has 20 heavy (non-hydrogen) atoms. The number of hydrogen-bond acceptors (Lipinski definition) is 3. The number of para-hydroxylation sites is 1. The number of aliphatic carboxylic acids is 1. The van der Waals surface area contributed by atoms with Crippen LogP contribution in [0.15, 0.2) is 24.3 Å². The van der Waals surface area contributed by atoms with E-state index >= 15 is 0 Å². The SMILES string of the molecule is O=C(O)C1C2CCC(O2)C1C(=O)Nc1ccccc1I. The van der Waals surface area contributed by atoms with Crippen LogP contribution in [-0.4, -0.2) is 29.2 Å². The summed E-state index contributed by atoms with van der Waals surface area (Å²) in [6.45, 7) is 0. The number of nitrogens with one attached hydrogen (secondary N) is 1. The molecule has 2 N–H and O–H groups in total. The van der Waals surface area contributed by atoms with Crippen LogP contribution in [0.3, 0.4) is 0 Å². The van der Waals surface area contributed by atoms with Gasteiger partial charge in [0.25, 0.3) is 0 Å². The van der Waals surface area contributed by atoms with Gasteiger partial charge in [-0.2, -0.15) is 0 Å². The topological polar surface area (TPSA) is 75.6 Å². The summed E-state index contributed by atoms with van der Waals surface area (Å²) in [7, 11) is 0. The minimum Gasteiger partial charge on any atom is -0.481 e. The molecule has 2 saturated heterocycles. The van der Waals surface area contributed by atoms with Crippen LogP contribution in [0, 0.1) is 15.4 Å². The summed E-state index contributed by atoms with van der Waals surface area (Å²) in [5.74, 6) is -2.52. The highest BCUT2D eigenvalue weighted by Gasteiger charge is 2.55. The molecular weight excluding hydrogens is 373 g/mol. The van der Waals surface area contributed by atoms with E-state index in [-0.39, 0.29) is 18.1 Å². The Bertz CT molecular complexity index is 562. The third-order valence-electron chi connectivity index (χ3n) is 3.99. The number of carboxylic acid groups (broad SMARTS) is 1. The largest absolute Gasteiger partial charge is 0.481 e. The van der Waals surface area contributed by atoms with Crippen molar-refractivity contribution in [3.05, 3.63) is 27.8 Å². The van der Waals surface area contributed by atoms with Crippen LogP contribution in [0.2, 0.25) is 0 Å². The molecule has 1 aromatic carbocycles. The van der Waals surface area contributed by atoms with Crippen molar-refractivity contribution in [2.24, 2.45) is 11.8 Å². The number of carboxylic acids is 1. The molecule has 0 aromatic heterocycles. The van der Waals surface area contributed by atoms with Gasteiger partial charge < -0.3 is 15.2 Å². The van der Waals surface area contributed by atoms with Crippen molar-refractivity contribution in [3.8, 4) is 0 Å². The zero-order valence-electron chi connectivity index (χ0n) is 10.6. The number of benzene rings is 1. The van der Waals surface area contributed by atoms with Crippen molar-refractivity contribution >= 4 is 40.2 Å². The Hall–Kier alpha value is -1.15. The summed E-state index contributed by atoms with van der Waals surface area (Å²) in [5, 5.41) is 12.1. The first-order valence-corrected chi connectivity index (χ1v) is 7.59. The fraction of sp³-hybridized carbons (Fsp3) is 0.429. The maximum absolute atomic E-state index is 12.4. The molecular formula is C14H14INO4. The average molecular weight is 387 g/mol. The van der Waals surface area contributed by atoms with Crippen LogP contribution in [0.1, 0.15) is 12.8 Å². The Morgan fingerprint density at radius 2 is 1.85 bits per heavy atom. The molecule has 2 aliphatic rings. The molecule has 1 amide bonds. The summed E-state index contributed by atoms with van der Waals surface area (Å²) < 4.78 is 6.53. The van der Waals surface area contributed by atoms with Crippen LogP contribution in [-0.2, 0) is 14.3 Å². The zero-order valence-corrected chi connectivity index (χ0v) is 12.7. The van der Waals surface area contributed by atoms with Crippen LogP contribution >= 0.6 is 22.6 Å². The average Bonchev–Trinajstić information content (AvgIpc) is 3.01. The lowest BCUT2D eigenvalue weighted by Gasteiger charge is -2.24. The molecule has 0 aliphatic carbocycles. The molecule has 0 spiro atoms. The lowest BCUT2D eigenvalue weighted by molar-refractivity contribution is -0.147. The summed E-state index contributed by atoms with van der Waals surface area (Å²) in [4.78, 5) is 23.8. The fourth-order valence-corrected chi connectivity index (χ4v) is 3.63. The fourth-order valence-electron chi connectivity index (χ4n) is 3.10. The number of fused-ring (bicyclic) bond motifs is 2. The van der Waals surface area contributed by atoms with E-state index in [4.69, 9.17) is 4.74 Å². The number of carbonyl (C=O) groups excluding carboxylic acids is 1. The Morgan fingerprint density at radius 1 is 1.20 bits per heavy atom. The van der Waals surface area contributed by atoms with Gasteiger partial charge in [-0.25, -0.2) is 0 Å². The molecule has 2 heterocycles. The van der Waals surface area contributed by atoms with Gasteiger partial charge in [0.1, 0.15) is 0 Å². The third kappa shape index (κ3) is 2.31. The molecule has 1 aromatic rings. The first-order valence-electron chi connectivity index (χ1n) is 6.51. The number of rotatable bonds is 3. The van der Waals surface area contributed by atoms with E-state index in [0.29, 0.717) is 5.69 Å². The molecule has 5 nitrogen and oxygen atoms in total. The van der Waals surface area contributed by atoms with Gasteiger partial charge in [-0.05, 0) is 47.6 Å². The van der Waals surface area contributed by atoms with Gasteiger partial charge >= 0.3 is 5.97 Å². The van der Waals surface area contributed by atoms with E-state index in [0.717, 1.165) is 16.4 Å². The third-order valence-corrected chi connectivity index (χ3v) is 4.93. The number of hydrogen-bond donors (Lipinski definition) is 2. The molecule has 2 fully saturated rings. The molecule has 0 saturated carbocycles. The molecule has 3 rings (SSSR count). The molecule has 4 atom stereocenters. The van der Waals surface area contributed by atoms with Gasteiger partial charge in [0.15, 0.2) is 0 Å². The second-order valence-electron chi connectivity index (χ2n) is 5.15. The van der Waals surface area contributed by atoms with E-state index in [1.807, 2.05) is 24.3 Å². The highest BCUT2D eigenvalue weighted by atomic mass is 127. The van der Waals surface area contributed by atoms with Gasteiger partial charge in [0.05, 0.1) is 29.7 Å². The Morgan fingerprint density at radius 3 is 2.50 bits per heavy atom. The molecule has 2 bridgehead atoms. The zero-order chi connectivity index (χ0) is 14.3. The van der Waals surface area contributed by atoms with Gasteiger partial charge in [-0.15, -0.1) is 0 Å². The Kier molecular flexibility index (Phi) is 3.68. The van der Waals surface area contributed by atoms with E-state index in [9.17, 15) is 14.7 Å². The number of carbonyl (C=O) groups is 2. The molecule has 4 unspecified atom stereocenters. The standard InChI is InChI=1S/C14H14INO4/c15-7-3-1-2-4-8(7)16-13(17)11-9-5-6-10(20-9)12(11)14(18)19/h1-4,9-12H,5-6H2,(H,16,17)(H,18,19). The second-order valence-corrected chi connectivity index (χ2v) is 6.31. The van der Waals surface area contributed by atoms with Crippen molar-refractivity contribution in [1.82, 2.24) is 0 Å². The highest BCUT2D eigenvalue weighted by Crippen LogP contribution is 2.44. The van der Waals surface area contributed by atoms with Gasteiger partial charge in [0, 0.05) is 3.57 Å². The van der Waals surface area contributed by atoms with Crippen molar-refractivity contribution in [3.63, 3.8) is 0 Å². The van der Waals surface area contributed by atoms with E-state index in [1.54, 1.807) is 0 Å². The predicted molar refractivity (Wildman–Crippen MR) is 80.3 cm³/mol. The minimum absolute atomic E-state index is 0.256. The van der Waals surface area contributed by atoms with E-state index in [1.165, 1.54) is 0 Å². The minimum atomic E-state index is -0.944. The molecule has 6 heteroatoms. The monoisotopic (exact) mass is 387 g/mol. The quantitative estimate of drug-likeness (QED) is 0.780. The summed E-state index contributed by atoms with van der Waals surface area (Å²) in [5.41, 5.74) is 0.713. The van der Waals surface area contributed by atoms with Gasteiger partial charge in [-0.1, -0.05) is 12.1 Å². The first kappa shape index (κ1) is 13.8. The Balaban J connectivity index is 1.80. The number of ether oxygens (including phenoxy) is 1. The molecule has 0 radical (unpaired) electrons. The second kappa shape index (κ2) is 5.33. The number of halogens is 1. The van der Waals surface area contributed by atoms with Crippen LogP contribution in [0.5, 0.6) is 0 Å². The maximum Gasteiger partial charge on any atom is 0.310 e. The van der Waals surface area contributed by atoms with Crippen molar-refractivity contribution in [1.29, 1.82) is 0 Å². The van der Waals surface area contributed by atoms with E-state index < -0.39 is 17.8 Å². The maximum atomic E-state index is 12.4. The Labute approximate surface area is 129 Å². The first-order chi connectivity index (χ1) is 9.58.